The summed E-state index contributed by atoms with van der Waals surface area (Å²) in [5, 5.41) is 6.60. The van der Waals surface area contributed by atoms with E-state index in [4.69, 9.17) is 4.74 Å². The molecule has 0 amide bonds. The number of fused-ring (bicyclic) bond motifs is 1. The van der Waals surface area contributed by atoms with Crippen LogP contribution in [0.1, 0.15) is 37.4 Å². The third-order valence-electron chi connectivity index (χ3n) is 3.75. The minimum Gasteiger partial charge on any atom is -0.494 e. The van der Waals surface area contributed by atoms with Gasteiger partial charge in [0.25, 0.3) is 0 Å². The van der Waals surface area contributed by atoms with Gasteiger partial charge in [-0.15, -0.1) is 23.1 Å². The normalized spacial score (nSPS) is 20.9. The van der Waals surface area contributed by atoms with E-state index in [0.717, 1.165) is 5.75 Å². The van der Waals surface area contributed by atoms with Gasteiger partial charge in [0.2, 0.25) is 0 Å². The molecule has 4 heteroatoms. The Kier molecular flexibility index (Phi) is 4.45. The molecule has 21 heavy (non-hydrogen) atoms. The van der Waals surface area contributed by atoms with Crippen molar-refractivity contribution >= 4 is 28.8 Å². The Morgan fingerprint density at radius 1 is 1.33 bits per heavy atom. The third-order valence-corrected chi connectivity index (χ3v) is 6.09. The van der Waals surface area contributed by atoms with Crippen molar-refractivity contribution in [2.75, 3.05) is 11.9 Å². The number of ether oxygens (including phenoxy) is 1. The van der Waals surface area contributed by atoms with E-state index in [1.54, 1.807) is 0 Å². The molecule has 1 aromatic heterocycles. The summed E-state index contributed by atoms with van der Waals surface area (Å²) >= 11 is 3.86. The number of nitrogens with one attached hydrogen (secondary N) is 1. The molecule has 0 aliphatic carbocycles. The number of thiophene rings is 1. The molecule has 1 aliphatic heterocycles. The predicted octanol–water partition coefficient (Wildman–Crippen LogP) is 5.49. The molecule has 1 aromatic carbocycles. The molecule has 0 saturated heterocycles. The Balaban J connectivity index is 1.81. The smallest absolute Gasteiger partial charge is 0.119 e. The molecule has 2 nitrogen and oxygen atoms in total. The lowest BCUT2D eigenvalue weighted by molar-refractivity contribution is 0.340. The number of hydrogen-bond donors (Lipinski definition) is 1. The monoisotopic (exact) mass is 319 g/mol. The topological polar surface area (TPSA) is 21.3 Å². The molecule has 2 heterocycles. The third kappa shape index (κ3) is 3.22. The summed E-state index contributed by atoms with van der Waals surface area (Å²) in [4.78, 5) is 0. The lowest BCUT2D eigenvalue weighted by Gasteiger charge is -2.29. The van der Waals surface area contributed by atoms with E-state index >= 15 is 0 Å². The molecule has 112 valence electrons. The van der Waals surface area contributed by atoms with Gasteiger partial charge in [0.05, 0.1) is 16.9 Å². The van der Waals surface area contributed by atoms with Crippen LogP contribution in [0, 0.1) is 6.92 Å². The van der Waals surface area contributed by atoms with Crippen LogP contribution in [0.3, 0.4) is 0 Å². The van der Waals surface area contributed by atoms with E-state index in [0.29, 0.717) is 17.9 Å². The van der Waals surface area contributed by atoms with E-state index in [2.05, 4.69) is 42.7 Å². The number of anilines is 1. The maximum Gasteiger partial charge on any atom is 0.119 e. The summed E-state index contributed by atoms with van der Waals surface area (Å²) in [6.07, 6.45) is 1.17. The minimum absolute atomic E-state index is 0.416. The van der Waals surface area contributed by atoms with Crippen LogP contribution in [-0.2, 0) is 0 Å². The molecule has 0 bridgehead atoms. The molecule has 0 spiro atoms. The zero-order valence-electron chi connectivity index (χ0n) is 12.7. The highest BCUT2D eigenvalue weighted by atomic mass is 32.2. The summed E-state index contributed by atoms with van der Waals surface area (Å²) in [6.45, 7) is 7.18. The molecule has 1 N–H and O–H groups in total. The molecular formula is C17H21NOS2. The van der Waals surface area contributed by atoms with E-state index in [9.17, 15) is 0 Å². The van der Waals surface area contributed by atoms with Gasteiger partial charge in [-0.2, -0.15) is 0 Å². The Morgan fingerprint density at radius 2 is 2.19 bits per heavy atom. The molecule has 1 unspecified atom stereocenters. The summed E-state index contributed by atoms with van der Waals surface area (Å²) in [5.41, 5.74) is 3.90. The van der Waals surface area contributed by atoms with Gasteiger partial charge in [-0.05, 0) is 61.0 Å². The first kappa shape index (κ1) is 14.8. The molecule has 0 fully saturated rings. The van der Waals surface area contributed by atoms with Crippen LogP contribution in [0.5, 0.6) is 5.75 Å². The zero-order valence-corrected chi connectivity index (χ0v) is 14.3. The largest absolute Gasteiger partial charge is 0.494 e. The van der Waals surface area contributed by atoms with Crippen LogP contribution >= 0.6 is 23.1 Å². The van der Waals surface area contributed by atoms with Crippen LogP contribution in [0.25, 0.3) is 0 Å². The van der Waals surface area contributed by atoms with Crippen LogP contribution in [0.4, 0.5) is 5.69 Å². The van der Waals surface area contributed by atoms with Gasteiger partial charge in [-0.25, -0.2) is 0 Å². The molecule has 0 radical (unpaired) electrons. The van der Waals surface area contributed by atoms with Crippen LogP contribution in [-0.4, -0.2) is 11.9 Å². The maximum atomic E-state index is 5.56. The van der Waals surface area contributed by atoms with Crippen molar-refractivity contribution in [3.63, 3.8) is 0 Å². The van der Waals surface area contributed by atoms with Crippen LogP contribution < -0.4 is 10.1 Å². The van der Waals surface area contributed by atoms with Crippen LogP contribution in [0.2, 0.25) is 0 Å². The van der Waals surface area contributed by atoms with Crippen molar-refractivity contribution in [3.05, 3.63) is 40.8 Å². The fourth-order valence-electron chi connectivity index (χ4n) is 2.73. The Hall–Kier alpha value is -1.13. The summed E-state index contributed by atoms with van der Waals surface area (Å²) in [5.74, 6) is 0.948. The van der Waals surface area contributed by atoms with Crippen molar-refractivity contribution < 1.29 is 4.74 Å². The first-order valence-electron chi connectivity index (χ1n) is 7.41. The number of aryl methyl sites for hydroxylation is 1. The summed E-state index contributed by atoms with van der Waals surface area (Å²) in [7, 11) is 0. The summed E-state index contributed by atoms with van der Waals surface area (Å²) < 4.78 is 7.03. The van der Waals surface area contributed by atoms with Crippen molar-refractivity contribution in [2.45, 2.75) is 42.7 Å². The maximum absolute atomic E-state index is 5.56. The fraction of sp³-hybridized carbons (Fsp3) is 0.412. The van der Waals surface area contributed by atoms with Crippen molar-refractivity contribution in [2.24, 2.45) is 0 Å². The second kappa shape index (κ2) is 6.32. The average Bonchev–Trinajstić information content (AvgIpc) is 2.90. The first-order valence-corrected chi connectivity index (χ1v) is 9.17. The SMILES string of the molecule is CCOc1ccc(NC2C[C@H](C)Sc3sccc32)c(C)c1. The highest BCUT2D eigenvalue weighted by Gasteiger charge is 2.26. The van der Waals surface area contributed by atoms with Crippen LogP contribution in [0.15, 0.2) is 33.9 Å². The molecule has 2 atom stereocenters. The van der Waals surface area contributed by atoms with Crippen molar-refractivity contribution in [3.8, 4) is 5.75 Å². The second-order valence-corrected chi connectivity index (χ2v) is 8.06. The standard InChI is InChI=1S/C17H21NOS2/c1-4-19-13-5-6-15(11(2)9-13)18-16-10-12(3)21-17-14(16)7-8-20-17/h5-9,12,16,18H,4,10H2,1-3H3/t12-,16?/m0/s1. The zero-order chi connectivity index (χ0) is 14.8. The van der Waals surface area contributed by atoms with Gasteiger partial charge < -0.3 is 10.1 Å². The molecule has 0 saturated carbocycles. The van der Waals surface area contributed by atoms with Crippen molar-refractivity contribution in [1.82, 2.24) is 0 Å². The first-order chi connectivity index (χ1) is 10.2. The van der Waals surface area contributed by atoms with E-state index in [1.165, 1.54) is 27.4 Å². The number of hydrogen-bond acceptors (Lipinski definition) is 4. The van der Waals surface area contributed by atoms with Gasteiger partial charge in [0.15, 0.2) is 0 Å². The van der Waals surface area contributed by atoms with E-state index in [-0.39, 0.29) is 0 Å². The average molecular weight is 319 g/mol. The number of benzene rings is 1. The lowest BCUT2D eigenvalue weighted by Crippen LogP contribution is -2.19. The molecule has 3 rings (SSSR count). The Labute approximate surface area is 134 Å². The lowest BCUT2D eigenvalue weighted by atomic mass is 10.0. The Morgan fingerprint density at radius 3 is 2.95 bits per heavy atom. The molecule has 2 aromatic rings. The van der Waals surface area contributed by atoms with Gasteiger partial charge in [-0.3, -0.25) is 0 Å². The van der Waals surface area contributed by atoms with Gasteiger partial charge in [-0.1, -0.05) is 6.92 Å². The quantitative estimate of drug-likeness (QED) is 0.805. The van der Waals surface area contributed by atoms with E-state index in [1.807, 2.05) is 36.1 Å². The fourth-order valence-corrected chi connectivity index (χ4v) is 5.29. The second-order valence-electron chi connectivity index (χ2n) is 5.43. The summed E-state index contributed by atoms with van der Waals surface area (Å²) in [6, 6.07) is 8.98. The molecular weight excluding hydrogens is 298 g/mol. The van der Waals surface area contributed by atoms with Crippen molar-refractivity contribution in [1.29, 1.82) is 0 Å². The highest BCUT2D eigenvalue weighted by Crippen LogP contribution is 2.45. The number of thioether (sulfide) groups is 1. The van der Waals surface area contributed by atoms with Gasteiger partial charge >= 0.3 is 0 Å². The van der Waals surface area contributed by atoms with Gasteiger partial charge in [0, 0.05) is 10.9 Å². The van der Waals surface area contributed by atoms with E-state index < -0.39 is 0 Å². The van der Waals surface area contributed by atoms with Gasteiger partial charge in [0.1, 0.15) is 5.75 Å². The molecule has 1 aliphatic rings. The number of rotatable bonds is 4. The predicted molar refractivity (Wildman–Crippen MR) is 93.0 cm³/mol. The Bertz CT molecular complexity index is 623. The highest BCUT2D eigenvalue weighted by molar-refractivity contribution is 8.01. The minimum atomic E-state index is 0.416.